The molecule has 0 spiro atoms. The molecule has 0 bridgehead atoms. The van der Waals surface area contributed by atoms with Gasteiger partial charge in [0.25, 0.3) is 0 Å². The second-order valence-corrected chi connectivity index (χ2v) is 2.97. The molecule has 2 unspecified atom stereocenters. The van der Waals surface area contributed by atoms with Gasteiger partial charge in [-0.15, -0.1) is 6.58 Å². The average Bonchev–Trinajstić information content (AvgIpc) is 2.01. The summed E-state index contributed by atoms with van der Waals surface area (Å²) < 4.78 is 0. The van der Waals surface area contributed by atoms with Crippen molar-refractivity contribution in [1.29, 1.82) is 0 Å². The van der Waals surface area contributed by atoms with Gasteiger partial charge >= 0.3 is 0 Å². The molecule has 0 fully saturated rings. The fourth-order valence-electron chi connectivity index (χ4n) is 1.17. The zero-order valence-electron chi connectivity index (χ0n) is 7.59. The summed E-state index contributed by atoms with van der Waals surface area (Å²) >= 11 is 0. The number of hydrogen-bond donors (Lipinski definition) is 1. The van der Waals surface area contributed by atoms with E-state index >= 15 is 0 Å². The smallest absolute Gasteiger partial charge is 0.00141 e. The molecule has 0 aromatic carbocycles. The van der Waals surface area contributed by atoms with Crippen LogP contribution in [-0.2, 0) is 0 Å². The van der Waals surface area contributed by atoms with Crippen LogP contribution >= 0.6 is 0 Å². The van der Waals surface area contributed by atoms with E-state index in [4.69, 9.17) is 5.73 Å². The Morgan fingerprint density at radius 3 is 2.55 bits per heavy atom. The minimum absolute atomic E-state index is 0.473. The van der Waals surface area contributed by atoms with Gasteiger partial charge in [0.1, 0.15) is 0 Å². The van der Waals surface area contributed by atoms with Gasteiger partial charge in [-0.1, -0.05) is 25.2 Å². The van der Waals surface area contributed by atoms with E-state index in [0.29, 0.717) is 18.4 Å². The van der Waals surface area contributed by atoms with Gasteiger partial charge in [-0.25, -0.2) is 0 Å². The van der Waals surface area contributed by atoms with Crippen molar-refractivity contribution >= 4 is 0 Å². The fraction of sp³-hybridized carbons (Fsp3) is 0.600. The Labute approximate surface area is 70.0 Å². The monoisotopic (exact) mass is 153 g/mol. The third kappa shape index (κ3) is 4.79. The van der Waals surface area contributed by atoms with Crippen molar-refractivity contribution in [2.45, 2.75) is 20.3 Å². The molecular weight excluding hydrogens is 134 g/mol. The SMILES string of the molecule is C=CC(CN)CC(C)/C=C\C. The van der Waals surface area contributed by atoms with Crippen LogP contribution in [0.5, 0.6) is 0 Å². The Morgan fingerprint density at radius 2 is 2.18 bits per heavy atom. The van der Waals surface area contributed by atoms with Crippen LogP contribution < -0.4 is 5.73 Å². The molecule has 0 saturated heterocycles. The first kappa shape index (κ1) is 10.4. The van der Waals surface area contributed by atoms with Gasteiger partial charge in [-0.2, -0.15) is 0 Å². The zero-order chi connectivity index (χ0) is 8.69. The van der Waals surface area contributed by atoms with Gasteiger partial charge in [0.2, 0.25) is 0 Å². The molecule has 11 heavy (non-hydrogen) atoms. The van der Waals surface area contributed by atoms with E-state index in [9.17, 15) is 0 Å². The van der Waals surface area contributed by atoms with Crippen LogP contribution in [0.25, 0.3) is 0 Å². The Hall–Kier alpha value is -0.560. The normalized spacial score (nSPS) is 16.6. The second kappa shape index (κ2) is 6.17. The summed E-state index contributed by atoms with van der Waals surface area (Å²) in [7, 11) is 0. The fourth-order valence-corrected chi connectivity index (χ4v) is 1.17. The Kier molecular flexibility index (Phi) is 5.86. The van der Waals surface area contributed by atoms with E-state index in [1.807, 2.05) is 13.0 Å². The predicted molar refractivity (Wildman–Crippen MR) is 51.3 cm³/mol. The number of nitrogens with two attached hydrogens (primary N) is 1. The molecule has 2 atom stereocenters. The maximum Gasteiger partial charge on any atom is -0.00141 e. The maximum absolute atomic E-state index is 5.53. The van der Waals surface area contributed by atoms with Crippen molar-refractivity contribution in [3.8, 4) is 0 Å². The molecule has 0 heterocycles. The molecule has 0 aromatic heterocycles. The van der Waals surface area contributed by atoms with Crippen molar-refractivity contribution in [3.05, 3.63) is 24.8 Å². The third-order valence-electron chi connectivity index (χ3n) is 1.83. The van der Waals surface area contributed by atoms with E-state index in [2.05, 4.69) is 25.7 Å². The minimum atomic E-state index is 0.473. The predicted octanol–water partition coefficient (Wildman–Crippen LogP) is 2.35. The topological polar surface area (TPSA) is 26.0 Å². The Morgan fingerprint density at radius 1 is 1.55 bits per heavy atom. The molecule has 0 amide bonds. The Bertz CT molecular complexity index is 127. The second-order valence-electron chi connectivity index (χ2n) is 2.97. The van der Waals surface area contributed by atoms with E-state index in [1.54, 1.807) is 0 Å². The highest BCUT2D eigenvalue weighted by molar-refractivity contribution is 4.88. The molecule has 0 aliphatic rings. The van der Waals surface area contributed by atoms with Gasteiger partial charge in [0, 0.05) is 0 Å². The molecule has 0 radical (unpaired) electrons. The van der Waals surface area contributed by atoms with Crippen LogP contribution in [0.2, 0.25) is 0 Å². The van der Waals surface area contributed by atoms with Crippen LogP contribution in [0.15, 0.2) is 24.8 Å². The van der Waals surface area contributed by atoms with Crippen LogP contribution in [0.4, 0.5) is 0 Å². The number of allylic oxidation sites excluding steroid dienone is 2. The lowest BCUT2D eigenvalue weighted by Gasteiger charge is -2.12. The standard InChI is InChI=1S/C10H19N/c1-4-6-9(3)7-10(5-2)8-11/h4-6,9-10H,2,7-8,11H2,1,3H3/b6-4-. The number of hydrogen-bond acceptors (Lipinski definition) is 1. The first-order chi connectivity index (χ1) is 5.24. The van der Waals surface area contributed by atoms with E-state index < -0.39 is 0 Å². The third-order valence-corrected chi connectivity index (χ3v) is 1.83. The zero-order valence-corrected chi connectivity index (χ0v) is 7.59. The molecule has 0 aliphatic carbocycles. The highest BCUT2D eigenvalue weighted by atomic mass is 14.5. The summed E-state index contributed by atoms with van der Waals surface area (Å²) in [5.74, 6) is 1.09. The largest absolute Gasteiger partial charge is 0.330 e. The highest BCUT2D eigenvalue weighted by Gasteiger charge is 2.04. The van der Waals surface area contributed by atoms with Gasteiger partial charge in [-0.3, -0.25) is 0 Å². The van der Waals surface area contributed by atoms with Crippen molar-refractivity contribution in [3.63, 3.8) is 0 Å². The molecule has 1 heteroatoms. The van der Waals surface area contributed by atoms with Gasteiger partial charge in [0.05, 0.1) is 0 Å². The Balaban J connectivity index is 3.70. The summed E-state index contributed by atoms with van der Waals surface area (Å²) in [6.07, 6.45) is 7.35. The average molecular weight is 153 g/mol. The summed E-state index contributed by atoms with van der Waals surface area (Å²) in [4.78, 5) is 0. The first-order valence-electron chi connectivity index (χ1n) is 4.20. The van der Waals surface area contributed by atoms with E-state index in [-0.39, 0.29) is 0 Å². The van der Waals surface area contributed by atoms with Crippen molar-refractivity contribution in [2.24, 2.45) is 17.6 Å². The molecule has 0 saturated carbocycles. The molecule has 64 valence electrons. The van der Waals surface area contributed by atoms with Gasteiger partial charge < -0.3 is 5.73 Å². The van der Waals surface area contributed by atoms with Crippen molar-refractivity contribution in [2.75, 3.05) is 6.54 Å². The summed E-state index contributed by atoms with van der Waals surface area (Å²) in [6, 6.07) is 0. The maximum atomic E-state index is 5.53. The van der Waals surface area contributed by atoms with Crippen LogP contribution in [0.3, 0.4) is 0 Å². The van der Waals surface area contributed by atoms with Gasteiger partial charge in [-0.05, 0) is 31.7 Å². The lowest BCUT2D eigenvalue weighted by Crippen LogP contribution is -2.14. The van der Waals surface area contributed by atoms with Crippen molar-refractivity contribution in [1.82, 2.24) is 0 Å². The highest BCUT2D eigenvalue weighted by Crippen LogP contribution is 2.12. The van der Waals surface area contributed by atoms with Gasteiger partial charge in [0.15, 0.2) is 0 Å². The molecule has 2 N–H and O–H groups in total. The van der Waals surface area contributed by atoms with Crippen molar-refractivity contribution < 1.29 is 0 Å². The molecular formula is C10H19N. The van der Waals surface area contributed by atoms with Crippen LogP contribution in [0, 0.1) is 11.8 Å². The first-order valence-corrected chi connectivity index (χ1v) is 4.20. The lowest BCUT2D eigenvalue weighted by atomic mass is 9.96. The molecule has 0 aliphatic heterocycles. The quantitative estimate of drug-likeness (QED) is 0.603. The summed E-state index contributed by atoms with van der Waals surface area (Å²) in [5, 5.41) is 0. The van der Waals surface area contributed by atoms with E-state index in [0.717, 1.165) is 6.42 Å². The molecule has 0 rings (SSSR count). The van der Waals surface area contributed by atoms with Crippen LogP contribution in [-0.4, -0.2) is 6.54 Å². The number of rotatable bonds is 5. The lowest BCUT2D eigenvalue weighted by molar-refractivity contribution is 0.517. The minimum Gasteiger partial charge on any atom is -0.330 e. The molecule has 0 aromatic rings. The molecule has 1 nitrogen and oxygen atoms in total. The van der Waals surface area contributed by atoms with E-state index in [1.165, 1.54) is 0 Å². The van der Waals surface area contributed by atoms with Crippen LogP contribution in [0.1, 0.15) is 20.3 Å². The summed E-state index contributed by atoms with van der Waals surface area (Å²) in [5.41, 5.74) is 5.53. The summed E-state index contributed by atoms with van der Waals surface area (Å²) in [6.45, 7) is 8.70.